The molecule has 0 saturated heterocycles. The summed E-state index contributed by atoms with van der Waals surface area (Å²) in [6.07, 6.45) is 1.97. The molecule has 0 aliphatic rings. The zero-order chi connectivity index (χ0) is 13.7. The highest BCUT2D eigenvalue weighted by Gasteiger charge is 2.09. The van der Waals surface area contributed by atoms with Crippen LogP contribution in [0.15, 0.2) is 57.9 Å². The third-order valence-corrected chi connectivity index (χ3v) is 4.04. The van der Waals surface area contributed by atoms with Crippen LogP contribution in [-0.4, -0.2) is 12.2 Å². The summed E-state index contributed by atoms with van der Waals surface area (Å²) in [5.74, 6) is -0.0344. The van der Waals surface area contributed by atoms with Gasteiger partial charge in [-0.3, -0.25) is 4.79 Å². The molecule has 1 amide bonds. The SMILES string of the molecule is CSc1ccccc1C(=O)NCc1ccc(Br)cc1. The Morgan fingerprint density at radius 3 is 2.53 bits per heavy atom. The lowest BCUT2D eigenvalue weighted by atomic mass is 10.2. The molecule has 0 spiro atoms. The quantitative estimate of drug-likeness (QED) is 0.852. The van der Waals surface area contributed by atoms with Crippen molar-refractivity contribution in [3.63, 3.8) is 0 Å². The Morgan fingerprint density at radius 2 is 1.84 bits per heavy atom. The molecule has 0 atom stereocenters. The zero-order valence-corrected chi connectivity index (χ0v) is 12.9. The number of amides is 1. The van der Waals surface area contributed by atoms with E-state index in [9.17, 15) is 4.79 Å². The molecule has 4 heteroatoms. The van der Waals surface area contributed by atoms with Crippen molar-refractivity contribution in [3.8, 4) is 0 Å². The van der Waals surface area contributed by atoms with Crippen molar-refractivity contribution < 1.29 is 4.79 Å². The van der Waals surface area contributed by atoms with E-state index in [4.69, 9.17) is 0 Å². The Labute approximate surface area is 125 Å². The molecule has 2 nitrogen and oxygen atoms in total. The highest BCUT2D eigenvalue weighted by Crippen LogP contribution is 2.19. The summed E-state index contributed by atoms with van der Waals surface area (Å²) < 4.78 is 1.04. The molecule has 0 heterocycles. The van der Waals surface area contributed by atoms with E-state index in [0.717, 1.165) is 20.5 Å². The van der Waals surface area contributed by atoms with Crippen molar-refractivity contribution in [1.29, 1.82) is 0 Å². The Hall–Kier alpha value is -1.26. The second kappa shape index (κ2) is 6.78. The molecule has 2 aromatic carbocycles. The molecular weight excluding hydrogens is 322 g/mol. The largest absolute Gasteiger partial charge is 0.348 e. The van der Waals surface area contributed by atoms with Gasteiger partial charge in [0.05, 0.1) is 5.56 Å². The van der Waals surface area contributed by atoms with E-state index in [1.807, 2.05) is 54.8 Å². The maximum Gasteiger partial charge on any atom is 0.252 e. The lowest BCUT2D eigenvalue weighted by molar-refractivity contribution is 0.0948. The number of carbonyl (C=O) groups is 1. The summed E-state index contributed by atoms with van der Waals surface area (Å²) in [4.78, 5) is 13.1. The average Bonchev–Trinajstić information content (AvgIpc) is 2.46. The first-order valence-corrected chi connectivity index (χ1v) is 7.88. The highest BCUT2D eigenvalue weighted by atomic mass is 79.9. The highest BCUT2D eigenvalue weighted by molar-refractivity contribution is 9.10. The monoisotopic (exact) mass is 335 g/mol. The van der Waals surface area contributed by atoms with E-state index < -0.39 is 0 Å². The van der Waals surface area contributed by atoms with Crippen LogP contribution in [0.25, 0.3) is 0 Å². The predicted octanol–water partition coefficient (Wildman–Crippen LogP) is 4.10. The van der Waals surface area contributed by atoms with Crippen LogP contribution in [0.4, 0.5) is 0 Å². The van der Waals surface area contributed by atoms with Crippen LogP contribution in [0.3, 0.4) is 0 Å². The summed E-state index contributed by atoms with van der Waals surface area (Å²) in [6.45, 7) is 0.537. The minimum Gasteiger partial charge on any atom is -0.348 e. The molecule has 19 heavy (non-hydrogen) atoms. The van der Waals surface area contributed by atoms with Crippen molar-refractivity contribution in [2.24, 2.45) is 0 Å². The fourth-order valence-corrected chi connectivity index (χ4v) is 2.57. The van der Waals surface area contributed by atoms with E-state index >= 15 is 0 Å². The minimum absolute atomic E-state index is 0.0344. The Balaban J connectivity index is 2.03. The van der Waals surface area contributed by atoms with Crippen molar-refractivity contribution in [3.05, 3.63) is 64.1 Å². The molecule has 2 rings (SSSR count). The normalized spacial score (nSPS) is 10.2. The second-order valence-corrected chi connectivity index (χ2v) is 5.77. The second-order valence-electron chi connectivity index (χ2n) is 4.01. The summed E-state index contributed by atoms with van der Waals surface area (Å²) in [7, 11) is 0. The van der Waals surface area contributed by atoms with Crippen LogP contribution in [0.5, 0.6) is 0 Å². The Kier molecular flexibility index (Phi) is 5.05. The first-order chi connectivity index (χ1) is 9.20. The summed E-state index contributed by atoms with van der Waals surface area (Å²) in [6, 6.07) is 15.6. The van der Waals surface area contributed by atoms with E-state index in [0.29, 0.717) is 6.54 Å². The number of benzene rings is 2. The molecule has 0 aromatic heterocycles. The van der Waals surface area contributed by atoms with E-state index in [2.05, 4.69) is 21.2 Å². The van der Waals surface area contributed by atoms with Gasteiger partial charge in [-0.2, -0.15) is 0 Å². The number of halogens is 1. The third-order valence-electron chi connectivity index (χ3n) is 2.72. The number of nitrogens with one attached hydrogen (secondary N) is 1. The molecule has 0 fully saturated rings. The van der Waals surface area contributed by atoms with Crippen molar-refractivity contribution in [1.82, 2.24) is 5.32 Å². The minimum atomic E-state index is -0.0344. The molecule has 1 N–H and O–H groups in total. The topological polar surface area (TPSA) is 29.1 Å². The van der Waals surface area contributed by atoms with Gasteiger partial charge < -0.3 is 5.32 Å². The van der Waals surface area contributed by atoms with Gasteiger partial charge in [0.25, 0.3) is 5.91 Å². The molecular formula is C15H14BrNOS. The van der Waals surface area contributed by atoms with Crippen molar-refractivity contribution >= 4 is 33.6 Å². The molecule has 2 aromatic rings. The van der Waals surface area contributed by atoms with Crippen LogP contribution in [0.2, 0.25) is 0 Å². The smallest absolute Gasteiger partial charge is 0.252 e. The van der Waals surface area contributed by atoms with Crippen LogP contribution in [0, 0.1) is 0 Å². The molecule has 0 saturated carbocycles. The molecule has 0 radical (unpaired) electrons. The van der Waals surface area contributed by atoms with E-state index in [1.54, 1.807) is 11.8 Å². The predicted molar refractivity (Wildman–Crippen MR) is 83.5 cm³/mol. The van der Waals surface area contributed by atoms with Gasteiger partial charge in [0.1, 0.15) is 0 Å². The Morgan fingerprint density at radius 1 is 1.16 bits per heavy atom. The van der Waals surface area contributed by atoms with Gasteiger partial charge in [-0.05, 0) is 36.1 Å². The molecule has 0 unspecified atom stereocenters. The first kappa shape index (κ1) is 14.2. The maximum absolute atomic E-state index is 12.1. The lowest BCUT2D eigenvalue weighted by Gasteiger charge is -2.08. The number of hydrogen-bond acceptors (Lipinski definition) is 2. The van der Waals surface area contributed by atoms with Crippen LogP contribution in [0.1, 0.15) is 15.9 Å². The van der Waals surface area contributed by atoms with Gasteiger partial charge >= 0.3 is 0 Å². The molecule has 0 aliphatic carbocycles. The van der Waals surface area contributed by atoms with Gasteiger partial charge in [0.2, 0.25) is 0 Å². The average molecular weight is 336 g/mol. The van der Waals surface area contributed by atoms with E-state index in [-0.39, 0.29) is 5.91 Å². The Bertz CT molecular complexity index is 569. The first-order valence-electron chi connectivity index (χ1n) is 5.86. The number of thioether (sulfide) groups is 1. The standard InChI is InChI=1S/C15H14BrNOS/c1-19-14-5-3-2-4-13(14)15(18)17-10-11-6-8-12(16)9-7-11/h2-9H,10H2,1H3,(H,17,18). The summed E-state index contributed by atoms with van der Waals surface area (Å²) >= 11 is 4.97. The zero-order valence-electron chi connectivity index (χ0n) is 10.5. The van der Waals surface area contributed by atoms with Crippen LogP contribution < -0.4 is 5.32 Å². The number of hydrogen-bond donors (Lipinski definition) is 1. The maximum atomic E-state index is 12.1. The van der Waals surface area contributed by atoms with E-state index in [1.165, 1.54) is 0 Å². The van der Waals surface area contributed by atoms with Crippen LogP contribution in [-0.2, 0) is 6.54 Å². The van der Waals surface area contributed by atoms with Crippen molar-refractivity contribution in [2.45, 2.75) is 11.4 Å². The fourth-order valence-electron chi connectivity index (χ4n) is 1.71. The van der Waals surface area contributed by atoms with Gasteiger partial charge in [0, 0.05) is 15.9 Å². The molecule has 0 aliphatic heterocycles. The van der Waals surface area contributed by atoms with Gasteiger partial charge in [-0.15, -0.1) is 11.8 Å². The number of carbonyl (C=O) groups excluding carboxylic acids is 1. The molecule has 98 valence electrons. The van der Waals surface area contributed by atoms with Gasteiger partial charge in [-0.1, -0.05) is 40.2 Å². The summed E-state index contributed by atoms with van der Waals surface area (Å²) in [5, 5.41) is 2.94. The number of rotatable bonds is 4. The molecule has 0 bridgehead atoms. The summed E-state index contributed by atoms with van der Waals surface area (Å²) in [5.41, 5.74) is 1.81. The lowest BCUT2D eigenvalue weighted by Crippen LogP contribution is -2.23. The van der Waals surface area contributed by atoms with Crippen molar-refractivity contribution in [2.75, 3.05) is 6.26 Å². The van der Waals surface area contributed by atoms with Crippen LogP contribution >= 0.6 is 27.7 Å². The van der Waals surface area contributed by atoms with Gasteiger partial charge in [-0.25, -0.2) is 0 Å². The third kappa shape index (κ3) is 3.85. The van der Waals surface area contributed by atoms with Gasteiger partial charge in [0.15, 0.2) is 0 Å². The fraction of sp³-hybridized carbons (Fsp3) is 0.133.